The molecule has 2 nitrogen and oxygen atoms in total. The summed E-state index contributed by atoms with van der Waals surface area (Å²) in [6, 6.07) is 5.00. The van der Waals surface area contributed by atoms with E-state index in [2.05, 4.69) is 12.2 Å². The van der Waals surface area contributed by atoms with Crippen LogP contribution in [0.25, 0.3) is 0 Å². The van der Waals surface area contributed by atoms with Gasteiger partial charge in [0.15, 0.2) is 0 Å². The van der Waals surface area contributed by atoms with Crippen LogP contribution in [-0.2, 0) is 0 Å². The van der Waals surface area contributed by atoms with E-state index in [4.69, 9.17) is 4.74 Å². The summed E-state index contributed by atoms with van der Waals surface area (Å²) >= 11 is 0. The van der Waals surface area contributed by atoms with Crippen LogP contribution in [0.5, 0.6) is 5.75 Å². The van der Waals surface area contributed by atoms with E-state index in [9.17, 15) is 4.39 Å². The summed E-state index contributed by atoms with van der Waals surface area (Å²) < 4.78 is 19.1. The molecule has 0 aliphatic rings. The Bertz CT molecular complexity index is 341. The molecule has 3 heteroatoms. The Morgan fingerprint density at radius 2 is 2.12 bits per heavy atom. The van der Waals surface area contributed by atoms with Crippen LogP contribution in [0.4, 0.5) is 4.39 Å². The van der Waals surface area contributed by atoms with E-state index in [-0.39, 0.29) is 11.9 Å². The zero-order chi connectivity index (χ0) is 12.7. The highest BCUT2D eigenvalue weighted by atomic mass is 19.1. The molecule has 0 aliphatic carbocycles. The number of nitrogens with one attached hydrogen (secondary N) is 1. The summed E-state index contributed by atoms with van der Waals surface area (Å²) in [4.78, 5) is 0. The molecule has 1 unspecified atom stereocenters. The second-order valence-electron chi connectivity index (χ2n) is 4.19. The maximum atomic E-state index is 13.9. The summed E-state index contributed by atoms with van der Waals surface area (Å²) in [5.41, 5.74) is 0.647. The summed E-state index contributed by atoms with van der Waals surface area (Å²) in [5, 5.41) is 3.17. The topological polar surface area (TPSA) is 21.3 Å². The SMILES string of the molecule is CCCCCC(NC)c1c(F)cccc1OC. The third-order valence-electron chi connectivity index (χ3n) is 3.03. The second-order valence-corrected chi connectivity index (χ2v) is 4.19. The van der Waals surface area contributed by atoms with E-state index in [1.807, 2.05) is 13.1 Å². The van der Waals surface area contributed by atoms with E-state index in [0.29, 0.717) is 11.3 Å². The maximum Gasteiger partial charge on any atom is 0.131 e. The Hall–Kier alpha value is -1.09. The van der Waals surface area contributed by atoms with E-state index >= 15 is 0 Å². The van der Waals surface area contributed by atoms with Crippen molar-refractivity contribution in [3.63, 3.8) is 0 Å². The lowest BCUT2D eigenvalue weighted by Crippen LogP contribution is -2.18. The van der Waals surface area contributed by atoms with Crippen LogP contribution in [0.1, 0.15) is 44.2 Å². The lowest BCUT2D eigenvalue weighted by molar-refractivity contribution is 0.387. The van der Waals surface area contributed by atoms with Gasteiger partial charge in [-0.2, -0.15) is 0 Å². The Balaban J connectivity index is 2.86. The van der Waals surface area contributed by atoms with Crippen molar-refractivity contribution in [3.8, 4) is 5.75 Å². The van der Waals surface area contributed by atoms with Gasteiger partial charge in [-0.1, -0.05) is 32.3 Å². The summed E-state index contributed by atoms with van der Waals surface area (Å²) in [5.74, 6) is 0.432. The van der Waals surface area contributed by atoms with Gasteiger partial charge in [-0.05, 0) is 25.6 Å². The second kappa shape index (κ2) is 7.28. The third kappa shape index (κ3) is 3.70. The fourth-order valence-electron chi connectivity index (χ4n) is 2.06. The van der Waals surface area contributed by atoms with Crippen molar-refractivity contribution in [2.75, 3.05) is 14.2 Å². The highest BCUT2D eigenvalue weighted by Crippen LogP contribution is 2.30. The highest BCUT2D eigenvalue weighted by Gasteiger charge is 2.18. The molecule has 0 bridgehead atoms. The lowest BCUT2D eigenvalue weighted by atomic mass is 9.99. The van der Waals surface area contributed by atoms with Crippen LogP contribution >= 0.6 is 0 Å². The minimum absolute atomic E-state index is 0.0256. The van der Waals surface area contributed by atoms with Crippen molar-refractivity contribution < 1.29 is 9.13 Å². The number of methoxy groups -OCH3 is 1. The van der Waals surface area contributed by atoms with Gasteiger partial charge in [0.1, 0.15) is 11.6 Å². The van der Waals surface area contributed by atoms with Crippen LogP contribution in [0.3, 0.4) is 0 Å². The molecule has 0 aromatic heterocycles. The number of benzene rings is 1. The average molecular weight is 239 g/mol. The first-order valence-electron chi connectivity index (χ1n) is 6.24. The molecule has 0 heterocycles. The molecule has 96 valence electrons. The standard InChI is InChI=1S/C14H22FNO/c1-4-5-6-9-12(16-2)14-11(15)8-7-10-13(14)17-3/h7-8,10,12,16H,4-6,9H2,1-3H3. The third-order valence-corrected chi connectivity index (χ3v) is 3.03. The molecule has 1 aromatic rings. The van der Waals surface area contributed by atoms with Crippen molar-refractivity contribution in [2.24, 2.45) is 0 Å². The summed E-state index contributed by atoms with van der Waals surface area (Å²) in [6.07, 6.45) is 4.38. The minimum Gasteiger partial charge on any atom is -0.496 e. The molecule has 0 amide bonds. The van der Waals surface area contributed by atoms with Crippen LogP contribution in [0, 0.1) is 5.82 Å². The number of unbranched alkanes of at least 4 members (excludes halogenated alkanes) is 2. The van der Waals surface area contributed by atoms with E-state index in [0.717, 1.165) is 12.8 Å². The fraction of sp³-hybridized carbons (Fsp3) is 0.571. The Morgan fingerprint density at radius 1 is 1.35 bits per heavy atom. The Kier molecular flexibility index (Phi) is 5.98. The average Bonchev–Trinajstić information content (AvgIpc) is 2.35. The van der Waals surface area contributed by atoms with Gasteiger partial charge in [-0.15, -0.1) is 0 Å². The molecular weight excluding hydrogens is 217 g/mol. The molecule has 1 atom stereocenters. The summed E-state index contributed by atoms with van der Waals surface area (Å²) in [6.45, 7) is 2.16. The van der Waals surface area contributed by atoms with Gasteiger partial charge in [-0.3, -0.25) is 0 Å². The summed E-state index contributed by atoms with van der Waals surface area (Å²) in [7, 11) is 3.44. The smallest absolute Gasteiger partial charge is 0.131 e. The first-order chi connectivity index (χ1) is 8.24. The van der Waals surface area contributed by atoms with Gasteiger partial charge in [0.05, 0.1) is 7.11 Å². The monoisotopic (exact) mass is 239 g/mol. The van der Waals surface area contributed by atoms with Gasteiger partial charge < -0.3 is 10.1 Å². The van der Waals surface area contributed by atoms with Crippen LogP contribution in [0.15, 0.2) is 18.2 Å². The largest absolute Gasteiger partial charge is 0.496 e. The molecule has 1 rings (SSSR count). The number of hydrogen-bond acceptors (Lipinski definition) is 2. The van der Waals surface area contributed by atoms with Crippen LogP contribution in [-0.4, -0.2) is 14.2 Å². The number of rotatable bonds is 7. The molecule has 17 heavy (non-hydrogen) atoms. The highest BCUT2D eigenvalue weighted by molar-refractivity contribution is 5.37. The molecular formula is C14H22FNO. The lowest BCUT2D eigenvalue weighted by Gasteiger charge is -2.19. The minimum atomic E-state index is -0.194. The molecule has 1 N–H and O–H groups in total. The van der Waals surface area contributed by atoms with Gasteiger partial charge >= 0.3 is 0 Å². The zero-order valence-corrected chi connectivity index (χ0v) is 10.9. The molecule has 0 fully saturated rings. The molecule has 0 spiro atoms. The first kappa shape index (κ1) is 14.0. The quantitative estimate of drug-likeness (QED) is 0.733. The first-order valence-corrected chi connectivity index (χ1v) is 6.24. The molecule has 1 aromatic carbocycles. The number of halogens is 1. The predicted molar refractivity (Wildman–Crippen MR) is 68.9 cm³/mol. The number of ether oxygens (including phenoxy) is 1. The normalized spacial score (nSPS) is 12.5. The Morgan fingerprint density at radius 3 is 2.71 bits per heavy atom. The van der Waals surface area contributed by atoms with E-state index in [1.165, 1.54) is 18.9 Å². The zero-order valence-electron chi connectivity index (χ0n) is 10.9. The van der Waals surface area contributed by atoms with Gasteiger partial charge in [0.2, 0.25) is 0 Å². The van der Waals surface area contributed by atoms with Crippen molar-refractivity contribution in [1.29, 1.82) is 0 Å². The van der Waals surface area contributed by atoms with E-state index in [1.54, 1.807) is 13.2 Å². The molecule has 0 saturated heterocycles. The van der Waals surface area contributed by atoms with Crippen LogP contribution in [0.2, 0.25) is 0 Å². The maximum absolute atomic E-state index is 13.9. The predicted octanol–water partition coefficient (Wildman–Crippen LogP) is 3.68. The molecule has 0 saturated carbocycles. The van der Waals surface area contributed by atoms with Crippen molar-refractivity contribution in [2.45, 2.75) is 38.6 Å². The van der Waals surface area contributed by atoms with Crippen molar-refractivity contribution in [1.82, 2.24) is 5.32 Å². The van der Waals surface area contributed by atoms with Crippen molar-refractivity contribution in [3.05, 3.63) is 29.6 Å². The van der Waals surface area contributed by atoms with Gasteiger partial charge in [0.25, 0.3) is 0 Å². The fourth-order valence-corrected chi connectivity index (χ4v) is 2.06. The van der Waals surface area contributed by atoms with Crippen LogP contribution < -0.4 is 10.1 Å². The van der Waals surface area contributed by atoms with E-state index < -0.39 is 0 Å². The Labute approximate surface area is 103 Å². The number of hydrogen-bond donors (Lipinski definition) is 1. The molecule has 0 aliphatic heterocycles. The van der Waals surface area contributed by atoms with Crippen molar-refractivity contribution >= 4 is 0 Å². The van der Waals surface area contributed by atoms with Gasteiger partial charge in [-0.25, -0.2) is 4.39 Å². The van der Waals surface area contributed by atoms with Gasteiger partial charge in [0, 0.05) is 11.6 Å². The molecule has 0 radical (unpaired) electrons.